The molecule has 0 aliphatic carbocycles. The fourth-order valence-electron chi connectivity index (χ4n) is 5.60. The van der Waals surface area contributed by atoms with Gasteiger partial charge in [0.1, 0.15) is 17.8 Å². The van der Waals surface area contributed by atoms with Crippen molar-refractivity contribution in [2.45, 2.75) is 81.6 Å². The first-order valence-corrected chi connectivity index (χ1v) is 17.4. The maximum absolute atomic E-state index is 13.5. The number of carbonyl (C=O) groups excluding carboxylic acids is 5. The first-order valence-electron chi connectivity index (χ1n) is 17.4. The molecule has 1 aliphatic heterocycles. The Morgan fingerprint density at radius 2 is 1.61 bits per heavy atom. The molecule has 3 rings (SSSR count). The van der Waals surface area contributed by atoms with Crippen LogP contribution in [0.3, 0.4) is 0 Å². The number of fused-ring (bicyclic) bond motifs is 5. The minimum atomic E-state index is -1.10. The van der Waals surface area contributed by atoms with E-state index >= 15 is 0 Å². The van der Waals surface area contributed by atoms with E-state index < -0.39 is 47.8 Å². The second-order valence-electron chi connectivity index (χ2n) is 12.9. The van der Waals surface area contributed by atoms with Gasteiger partial charge < -0.3 is 60.4 Å². The van der Waals surface area contributed by atoms with E-state index in [9.17, 15) is 29.1 Å². The quantitative estimate of drug-likeness (QED) is 0.0825. The zero-order valence-corrected chi connectivity index (χ0v) is 29.0. The van der Waals surface area contributed by atoms with E-state index in [1.54, 1.807) is 12.1 Å². The average molecular weight is 711 g/mol. The minimum absolute atomic E-state index is 0.0115. The van der Waals surface area contributed by atoms with E-state index in [0.717, 1.165) is 23.1 Å². The number of nitrogens with two attached hydrogens (primary N) is 5. The van der Waals surface area contributed by atoms with Crippen LogP contribution in [-0.4, -0.2) is 97.6 Å². The van der Waals surface area contributed by atoms with Gasteiger partial charge in [0, 0.05) is 32.0 Å². The van der Waals surface area contributed by atoms with E-state index in [-0.39, 0.29) is 56.6 Å². The Labute approximate surface area is 298 Å². The summed E-state index contributed by atoms with van der Waals surface area (Å²) in [4.78, 5) is 65.0. The topological polar surface area (TPSA) is 296 Å². The molecule has 1 aliphatic rings. The fourth-order valence-corrected chi connectivity index (χ4v) is 5.60. The second kappa shape index (κ2) is 20.9. The van der Waals surface area contributed by atoms with Crippen molar-refractivity contribution in [1.82, 2.24) is 26.6 Å². The van der Waals surface area contributed by atoms with Gasteiger partial charge in [-0.1, -0.05) is 30.3 Å². The fraction of sp³-hybridized carbons (Fsp3) is 0.514. The normalized spacial score (nSPS) is 19.0. The molecular weight excluding hydrogens is 656 g/mol. The molecule has 2 aromatic rings. The third kappa shape index (κ3) is 13.6. The number of nitrogens with one attached hydrogen (secondary N) is 5. The van der Waals surface area contributed by atoms with Gasteiger partial charge in [-0.3, -0.25) is 24.0 Å². The summed E-state index contributed by atoms with van der Waals surface area (Å²) in [6.07, 6.45) is 2.91. The van der Waals surface area contributed by atoms with E-state index in [4.69, 9.17) is 28.7 Å². The summed E-state index contributed by atoms with van der Waals surface area (Å²) in [6.45, 7) is 0.950. The number of phenols is 1. The molecule has 0 radical (unpaired) electrons. The van der Waals surface area contributed by atoms with Gasteiger partial charge in [-0.05, 0) is 86.0 Å². The van der Waals surface area contributed by atoms with Gasteiger partial charge in [-0.15, -0.1) is 0 Å². The molecule has 4 bridgehead atoms. The summed E-state index contributed by atoms with van der Waals surface area (Å²) < 4.78 is 0. The van der Waals surface area contributed by atoms with Crippen molar-refractivity contribution < 1.29 is 29.1 Å². The number of benzene rings is 2. The molecule has 16 heteroatoms. The number of aromatic hydroxyl groups is 1. The first-order chi connectivity index (χ1) is 24.4. The Kier molecular flexibility index (Phi) is 16.7. The van der Waals surface area contributed by atoms with Gasteiger partial charge >= 0.3 is 0 Å². The van der Waals surface area contributed by atoms with E-state index in [1.165, 1.54) is 6.07 Å². The van der Waals surface area contributed by atoms with Crippen LogP contribution >= 0.6 is 0 Å². The van der Waals surface area contributed by atoms with Crippen molar-refractivity contribution in [2.75, 3.05) is 32.7 Å². The highest BCUT2D eigenvalue weighted by molar-refractivity contribution is 5.94. The summed E-state index contributed by atoms with van der Waals surface area (Å²) in [7, 11) is 0. The summed E-state index contributed by atoms with van der Waals surface area (Å²) in [5.41, 5.74) is 32.0. The third-order valence-electron chi connectivity index (χ3n) is 8.61. The van der Waals surface area contributed by atoms with Gasteiger partial charge in [0.2, 0.25) is 29.5 Å². The Bertz CT molecular complexity index is 1490. The average Bonchev–Trinajstić information content (AvgIpc) is 3.12. The number of carbonyl (C=O) groups is 5. The standard InChI is InChI=1S/C35H54N10O6/c36-12-2-7-25(38)19-42-32(48)26(39)8-4-14-41-31(47)20-43-34(50)29-16-21-5-1-6-22(15-21)23-10-11-30(46)24(17-23)18-27(40)33(49)44-28(9-3-13-37)35(51)45-29/h1,5-6,10-11,15,17,25-29,46H,2-4,7-9,12-14,16,18-20,36-40H2,(H,41,47)(H,42,48)(H,43,50)(H,44,49)(H,45,51)/t25-,26-,27-,28-,29-/m0/s1. The van der Waals surface area contributed by atoms with Crippen LogP contribution in [-0.2, 0) is 36.8 Å². The smallest absolute Gasteiger partial charge is 0.243 e. The van der Waals surface area contributed by atoms with Crippen molar-refractivity contribution in [3.63, 3.8) is 0 Å². The molecule has 0 fully saturated rings. The molecule has 0 spiro atoms. The molecule has 280 valence electrons. The van der Waals surface area contributed by atoms with Gasteiger partial charge in [-0.25, -0.2) is 0 Å². The minimum Gasteiger partial charge on any atom is -0.508 e. The van der Waals surface area contributed by atoms with Crippen LogP contribution in [0.25, 0.3) is 11.1 Å². The molecule has 51 heavy (non-hydrogen) atoms. The highest BCUT2D eigenvalue weighted by atomic mass is 16.3. The number of amides is 5. The molecule has 0 saturated carbocycles. The molecular formula is C35H54N10O6. The molecule has 2 aromatic carbocycles. The van der Waals surface area contributed by atoms with Crippen LogP contribution in [0.1, 0.15) is 49.7 Å². The molecule has 0 saturated heterocycles. The van der Waals surface area contributed by atoms with Crippen LogP contribution in [0.5, 0.6) is 5.75 Å². The molecule has 16 N–H and O–H groups in total. The highest BCUT2D eigenvalue weighted by Crippen LogP contribution is 2.28. The van der Waals surface area contributed by atoms with Crippen molar-refractivity contribution in [3.8, 4) is 16.9 Å². The zero-order valence-electron chi connectivity index (χ0n) is 29.0. The predicted molar refractivity (Wildman–Crippen MR) is 194 cm³/mol. The lowest BCUT2D eigenvalue weighted by Crippen LogP contribution is -2.57. The van der Waals surface area contributed by atoms with Crippen molar-refractivity contribution in [2.24, 2.45) is 28.7 Å². The summed E-state index contributed by atoms with van der Waals surface area (Å²) in [5.74, 6) is -2.63. The zero-order chi connectivity index (χ0) is 37.3. The van der Waals surface area contributed by atoms with Gasteiger partial charge in [0.15, 0.2) is 0 Å². The highest BCUT2D eigenvalue weighted by Gasteiger charge is 2.29. The Morgan fingerprint density at radius 3 is 2.35 bits per heavy atom. The lowest BCUT2D eigenvalue weighted by atomic mass is 9.96. The Balaban J connectivity index is 1.65. The largest absolute Gasteiger partial charge is 0.508 e. The number of hydrogen-bond donors (Lipinski definition) is 11. The Morgan fingerprint density at radius 1 is 0.863 bits per heavy atom. The number of rotatable bonds is 16. The van der Waals surface area contributed by atoms with E-state index in [1.807, 2.05) is 24.3 Å². The van der Waals surface area contributed by atoms with Crippen LogP contribution in [0.4, 0.5) is 0 Å². The van der Waals surface area contributed by atoms with Crippen molar-refractivity contribution in [1.29, 1.82) is 0 Å². The van der Waals surface area contributed by atoms with Gasteiger partial charge in [-0.2, -0.15) is 0 Å². The summed E-state index contributed by atoms with van der Waals surface area (Å²) in [5, 5.41) is 23.9. The lowest BCUT2D eigenvalue weighted by molar-refractivity contribution is -0.133. The SMILES string of the molecule is NCCC[C@H](N)CNC(=O)[C@@H](N)CCCNC(=O)CNC(=O)[C@@H]1Cc2cccc(c2)-c2ccc(O)c(c2)C[C@H](N)C(=O)N[C@@H](CCCN)C(=O)N1. The van der Waals surface area contributed by atoms with Crippen molar-refractivity contribution >= 4 is 29.5 Å². The molecule has 5 atom stereocenters. The maximum Gasteiger partial charge on any atom is 0.243 e. The molecule has 1 heterocycles. The van der Waals surface area contributed by atoms with Crippen LogP contribution in [0.2, 0.25) is 0 Å². The first kappa shape index (κ1) is 40.8. The number of hydrogen-bond acceptors (Lipinski definition) is 11. The summed E-state index contributed by atoms with van der Waals surface area (Å²) in [6, 6.07) is 8.19. The lowest BCUT2D eigenvalue weighted by Gasteiger charge is -2.24. The molecule has 0 aromatic heterocycles. The third-order valence-corrected chi connectivity index (χ3v) is 8.61. The van der Waals surface area contributed by atoms with E-state index in [0.29, 0.717) is 44.3 Å². The molecule has 0 unspecified atom stereocenters. The van der Waals surface area contributed by atoms with Crippen LogP contribution in [0, 0.1) is 0 Å². The Hall–Kier alpha value is -4.61. The summed E-state index contributed by atoms with van der Waals surface area (Å²) >= 11 is 0. The van der Waals surface area contributed by atoms with Crippen LogP contribution in [0.15, 0.2) is 42.5 Å². The maximum atomic E-state index is 13.5. The van der Waals surface area contributed by atoms with Gasteiger partial charge in [0.25, 0.3) is 0 Å². The van der Waals surface area contributed by atoms with Gasteiger partial charge in [0.05, 0.1) is 18.6 Å². The molecule has 16 nitrogen and oxygen atoms in total. The number of phenolic OH excluding ortho intramolecular Hbond substituents is 1. The van der Waals surface area contributed by atoms with Crippen LogP contribution < -0.4 is 55.3 Å². The monoisotopic (exact) mass is 710 g/mol. The predicted octanol–water partition coefficient (Wildman–Crippen LogP) is -2.28. The van der Waals surface area contributed by atoms with E-state index in [2.05, 4.69) is 26.6 Å². The molecule has 5 amide bonds. The second-order valence-corrected chi connectivity index (χ2v) is 12.9. The van der Waals surface area contributed by atoms with Crippen molar-refractivity contribution in [3.05, 3.63) is 53.6 Å².